The van der Waals surface area contributed by atoms with Crippen LogP contribution in [0.15, 0.2) is 28.9 Å². The average molecular weight is 410 g/mol. The molecular formula is C24H31N3O3. The molecule has 2 heterocycles. The Morgan fingerprint density at radius 1 is 1.07 bits per heavy atom. The van der Waals surface area contributed by atoms with Gasteiger partial charge in [0, 0.05) is 17.5 Å². The monoisotopic (exact) mass is 409 g/mol. The second kappa shape index (κ2) is 9.85. The Labute approximate surface area is 178 Å². The Morgan fingerprint density at radius 2 is 1.83 bits per heavy atom. The third kappa shape index (κ3) is 4.87. The molecule has 1 N–H and O–H groups in total. The van der Waals surface area contributed by atoms with Crippen LogP contribution in [0.25, 0.3) is 22.8 Å². The van der Waals surface area contributed by atoms with Gasteiger partial charge in [-0.2, -0.15) is 4.98 Å². The first-order chi connectivity index (χ1) is 14.5. The van der Waals surface area contributed by atoms with Gasteiger partial charge < -0.3 is 14.4 Å². The molecular weight excluding hydrogens is 378 g/mol. The quantitative estimate of drug-likeness (QED) is 0.547. The van der Waals surface area contributed by atoms with E-state index in [1.165, 1.54) is 5.56 Å². The summed E-state index contributed by atoms with van der Waals surface area (Å²) in [5.41, 5.74) is 6.12. The number of nitrogens with zero attached hydrogens (tertiary/aromatic N) is 3. The first kappa shape index (κ1) is 22.0. The molecule has 0 atom stereocenters. The lowest BCUT2D eigenvalue weighted by atomic mass is 9.99. The number of aliphatic hydroxyl groups is 1. The van der Waals surface area contributed by atoms with Crippen molar-refractivity contribution in [3.05, 3.63) is 46.8 Å². The average Bonchev–Trinajstić information content (AvgIpc) is 3.22. The molecule has 0 aliphatic heterocycles. The molecule has 3 rings (SSSR count). The van der Waals surface area contributed by atoms with E-state index in [9.17, 15) is 0 Å². The molecule has 0 aliphatic carbocycles. The zero-order valence-electron chi connectivity index (χ0n) is 18.5. The minimum Gasteiger partial charge on any atom is -0.491 e. The van der Waals surface area contributed by atoms with Crippen LogP contribution in [-0.4, -0.2) is 33.4 Å². The van der Waals surface area contributed by atoms with Gasteiger partial charge in [0.1, 0.15) is 12.4 Å². The highest BCUT2D eigenvalue weighted by atomic mass is 16.5. The van der Waals surface area contributed by atoms with E-state index in [0.717, 1.165) is 53.0 Å². The van der Waals surface area contributed by atoms with Crippen LogP contribution >= 0.6 is 0 Å². The number of aliphatic hydroxyl groups excluding tert-OH is 1. The number of ether oxygens (including phenoxy) is 1. The van der Waals surface area contributed by atoms with Crippen LogP contribution in [0.5, 0.6) is 5.75 Å². The van der Waals surface area contributed by atoms with E-state index in [1.807, 2.05) is 25.3 Å². The molecule has 6 nitrogen and oxygen atoms in total. The molecule has 2 aromatic heterocycles. The minimum atomic E-state index is -0.0117. The van der Waals surface area contributed by atoms with E-state index < -0.39 is 0 Å². The fourth-order valence-corrected chi connectivity index (χ4v) is 3.64. The number of hydrogen-bond donors (Lipinski definition) is 1. The Balaban J connectivity index is 1.94. The molecule has 3 aromatic rings. The SMILES string of the molecule is CCc1cc(-c2noc(-c3cnc(CC)c(CC(C)C)c3)n2)cc(C)c1OCCO. The van der Waals surface area contributed by atoms with Gasteiger partial charge in [-0.3, -0.25) is 4.98 Å². The lowest BCUT2D eigenvalue weighted by Gasteiger charge is -2.13. The molecule has 0 saturated carbocycles. The predicted molar refractivity (Wildman–Crippen MR) is 118 cm³/mol. The van der Waals surface area contributed by atoms with Crippen LogP contribution in [0.2, 0.25) is 0 Å². The Bertz CT molecular complexity index is 995. The zero-order valence-corrected chi connectivity index (χ0v) is 18.5. The molecule has 160 valence electrons. The molecule has 0 bridgehead atoms. The van der Waals surface area contributed by atoms with Crippen molar-refractivity contribution in [1.29, 1.82) is 0 Å². The predicted octanol–water partition coefficient (Wildman–Crippen LogP) is 4.80. The number of benzene rings is 1. The number of aromatic nitrogens is 3. The van der Waals surface area contributed by atoms with Gasteiger partial charge in [0.05, 0.1) is 12.2 Å². The molecule has 0 aliphatic rings. The van der Waals surface area contributed by atoms with Gasteiger partial charge in [-0.1, -0.05) is 32.9 Å². The summed E-state index contributed by atoms with van der Waals surface area (Å²) in [6, 6.07) is 6.14. The van der Waals surface area contributed by atoms with E-state index in [2.05, 4.69) is 48.9 Å². The number of aryl methyl sites for hydroxylation is 3. The topological polar surface area (TPSA) is 81.3 Å². The molecule has 0 amide bonds. The van der Waals surface area contributed by atoms with Gasteiger partial charge in [0.2, 0.25) is 5.82 Å². The molecule has 0 unspecified atom stereocenters. The molecule has 6 heteroatoms. The Morgan fingerprint density at radius 3 is 2.50 bits per heavy atom. The highest BCUT2D eigenvalue weighted by Gasteiger charge is 2.16. The van der Waals surface area contributed by atoms with E-state index in [1.54, 1.807) is 0 Å². The van der Waals surface area contributed by atoms with Gasteiger partial charge in [0.15, 0.2) is 0 Å². The highest BCUT2D eigenvalue weighted by Crippen LogP contribution is 2.31. The first-order valence-electron chi connectivity index (χ1n) is 10.7. The van der Waals surface area contributed by atoms with Gasteiger partial charge in [-0.25, -0.2) is 0 Å². The van der Waals surface area contributed by atoms with E-state index in [-0.39, 0.29) is 13.2 Å². The van der Waals surface area contributed by atoms with Crippen molar-refractivity contribution < 1.29 is 14.4 Å². The maximum atomic E-state index is 9.06. The second-order valence-corrected chi connectivity index (χ2v) is 7.91. The molecule has 0 fully saturated rings. The van der Waals surface area contributed by atoms with Gasteiger partial charge in [-0.05, 0) is 67.0 Å². The lowest BCUT2D eigenvalue weighted by molar-refractivity contribution is 0.199. The normalized spacial score (nSPS) is 11.3. The van der Waals surface area contributed by atoms with Crippen molar-refractivity contribution >= 4 is 0 Å². The van der Waals surface area contributed by atoms with Crippen LogP contribution in [-0.2, 0) is 19.3 Å². The van der Waals surface area contributed by atoms with Crippen LogP contribution in [0, 0.1) is 12.8 Å². The summed E-state index contributed by atoms with van der Waals surface area (Å²) in [5.74, 6) is 2.38. The van der Waals surface area contributed by atoms with E-state index in [0.29, 0.717) is 17.6 Å². The molecule has 0 radical (unpaired) electrons. The molecule has 0 spiro atoms. The largest absolute Gasteiger partial charge is 0.491 e. The third-order valence-electron chi connectivity index (χ3n) is 5.02. The van der Waals surface area contributed by atoms with Crippen molar-refractivity contribution in [2.24, 2.45) is 5.92 Å². The van der Waals surface area contributed by atoms with Crippen molar-refractivity contribution in [2.75, 3.05) is 13.2 Å². The summed E-state index contributed by atoms with van der Waals surface area (Å²) in [4.78, 5) is 9.26. The molecule has 1 aromatic carbocycles. The van der Waals surface area contributed by atoms with Gasteiger partial charge in [-0.15, -0.1) is 0 Å². The summed E-state index contributed by atoms with van der Waals surface area (Å²) in [6.45, 7) is 10.9. The fourth-order valence-electron chi connectivity index (χ4n) is 3.64. The Hall–Kier alpha value is -2.73. The Kier molecular flexibility index (Phi) is 7.21. The highest BCUT2D eigenvalue weighted by molar-refractivity contribution is 5.64. The van der Waals surface area contributed by atoms with E-state index >= 15 is 0 Å². The zero-order chi connectivity index (χ0) is 21.7. The number of rotatable bonds is 9. The maximum absolute atomic E-state index is 9.06. The van der Waals surface area contributed by atoms with E-state index in [4.69, 9.17) is 14.4 Å². The molecule has 0 saturated heterocycles. The van der Waals surface area contributed by atoms with Crippen molar-refractivity contribution in [3.63, 3.8) is 0 Å². The summed E-state index contributed by atoms with van der Waals surface area (Å²) >= 11 is 0. The lowest BCUT2D eigenvalue weighted by Crippen LogP contribution is -2.05. The number of hydrogen-bond acceptors (Lipinski definition) is 6. The van der Waals surface area contributed by atoms with Crippen LogP contribution in [0.3, 0.4) is 0 Å². The van der Waals surface area contributed by atoms with Crippen LogP contribution in [0.4, 0.5) is 0 Å². The summed E-state index contributed by atoms with van der Waals surface area (Å²) in [7, 11) is 0. The third-order valence-corrected chi connectivity index (χ3v) is 5.02. The smallest absolute Gasteiger partial charge is 0.259 e. The second-order valence-electron chi connectivity index (χ2n) is 7.91. The minimum absolute atomic E-state index is 0.0117. The van der Waals surface area contributed by atoms with Crippen LogP contribution in [0.1, 0.15) is 50.1 Å². The van der Waals surface area contributed by atoms with Crippen molar-refractivity contribution in [3.8, 4) is 28.6 Å². The van der Waals surface area contributed by atoms with Crippen molar-refractivity contribution in [2.45, 2.75) is 53.9 Å². The van der Waals surface area contributed by atoms with Gasteiger partial charge in [0.25, 0.3) is 5.89 Å². The maximum Gasteiger partial charge on any atom is 0.259 e. The summed E-state index contributed by atoms with van der Waals surface area (Å²) < 4.78 is 11.3. The standard InChI is InChI=1S/C24H31N3O3/c1-6-17-12-19(11-16(5)22(17)29-9-8-28)23-26-24(30-27-23)20-13-18(10-15(3)4)21(7-2)25-14-20/h11-15,28H,6-10H2,1-5H3. The summed E-state index contributed by atoms with van der Waals surface area (Å²) in [6.07, 6.45) is 4.50. The number of pyridine rings is 1. The first-order valence-corrected chi connectivity index (χ1v) is 10.7. The fraction of sp³-hybridized carbons (Fsp3) is 0.458. The van der Waals surface area contributed by atoms with Gasteiger partial charge >= 0.3 is 0 Å². The van der Waals surface area contributed by atoms with Crippen molar-refractivity contribution in [1.82, 2.24) is 15.1 Å². The van der Waals surface area contributed by atoms with Crippen LogP contribution < -0.4 is 4.74 Å². The summed E-state index contributed by atoms with van der Waals surface area (Å²) in [5, 5.41) is 13.3. The molecule has 30 heavy (non-hydrogen) atoms.